The number of nitrogens with one attached hydrogen (secondary N) is 1. The molecule has 0 aliphatic carbocycles. The van der Waals surface area contributed by atoms with E-state index in [2.05, 4.69) is 5.32 Å². The van der Waals surface area contributed by atoms with Crippen molar-refractivity contribution < 1.29 is 19.1 Å². The lowest BCUT2D eigenvalue weighted by Gasteiger charge is -2.17. The minimum absolute atomic E-state index is 0.115. The van der Waals surface area contributed by atoms with Gasteiger partial charge >= 0.3 is 0 Å². The molecule has 3 rings (SSSR count). The molecule has 0 spiro atoms. The highest BCUT2D eigenvalue weighted by molar-refractivity contribution is 6.05. The fraction of sp³-hybridized carbons (Fsp3) is 0.300. The Hall–Kier alpha value is -3.02. The predicted octanol–water partition coefficient (Wildman–Crippen LogP) is 3.47. The first-order valence-electron chi connectivity index (χ1n) is 8.65. The number of anilines is 2. The molecule has 2 aromatic carbocycles. The van der Waals surface area contributed by atoms with Crippen molar-refractivity contribution in [3.8, 4) is 11.5 Å². The molecule has 1 N–H and O–H groups in total. The Morgan fingerprint density at radius 3 is 2.73 bits per heavy atom. The van der Waals surface area contributed by atoms with Crippen LogP contribution < -0.4 is 19.7 Å². The molecular formula is C20H22N2O4. The van der Waals surface area contributed by atoms with Crippen LogP contribution in [0.1, 0.15) is 30.1 Å². The zero-order valence-corrected chi connectivity index (χ0v) is 15.0. The lowest BCUT2D eigenvalue weighted by Crippen LogP contribution is -2.23. The van der Waals surface area contributed by atoms with Gasteiger partial charge in [-0.1, -0.05) is 6.07 Å². The van der Waals surface area contributed by atoms with Crippen molar-refractivity contribution in [2.75, 3.05) is 30.5 Å². The standard InChI is InChI=1S/C20H22N2O4/c1-3-26-17-10-9-14(12-18(17)25-2)20(24)21-15-6-4-7-16(13-15)22-11-5-8-19(22)23/h4,6-7,9-10,12-13H,3,5,8,11H2,1-2H3,(H,21,24). The second-order valence-corrected chi connectivity index (χ2v) is 5.95. The van der Waals surface area contributed by atoms with Crippen LogP contribution in [0.5, 0.6) is 11.5 Å². The van der Waals surface area contributed by atoms with E-state index >= 15 is 0 Å². The van der Waals surface area contributed by atoms with Gasteiger partial charge in [0, 0.05) is 29.9 Å². The topological polar surface area (TPSA) is 67.9 Å². The molecule has 6 nitrogen and oxygen atoms in total. The van der Waals surface area contributed by atoms with Gasteiger partial charge in [-0.05, 0) is 49.7 Å². The molecule has 1 heterocycles. The number of carbonyl (C=O) groups is 2. The van der Waals surface area contributed by atoms with E-state index < -0.39 is 0 Å². The van der Waals surface area contributed by atoms with Crippen LogP contribution in [-0.4, -0.2) is 32.1 Å². The Balaban J connectivity index is 1.77. The number of amides is 2. The minimum atomic E-state index is -0.253. The zero-order chi connectivity index (χ0) is 18.5. The Bertz CT molecular complexity index is 819. The lowest BCUT2D eigenvalue weighted by atomic mass is 10.1. The normalized spacial score (nSPS) is 13.6. The fourth-order valence-corrected chi connectivity index (χ4v) is 2.96. The molecule has 136 valence electrons. The van der Waals surface area contributed by atoms with Gasteiger partial charge in [0.15, 0.2) is 11.5 Å². The summed E-state index contributed by atoms with van der Waals surface area (Å²) in [5.41, 5.74) is 1.91. The maximum Gasteiger partial charge on any atom is 0.255 e. The van der Waals surface area contributed by atoms with E-state index in [0.717, 1.165) is 12.1 Å². The van der Waals surface area contributed by atoms with Crippen LogP contribution in [0, 0.1) is 0 Å². The molecule has 1 fully saturated rings. The van der Waals surface area contributed by atoms with Gasteiger partial charge in [-0.25, -0.2) is 0 Å². The van der Waals surface area contributed by atoms with Crippen LogP contribution in [0.3, 0.4) is 0 Å². The maximum atomic E-state index is 12.6. The molecule has 0 unspecified atom stereocenters. The molecule has 0 bridgehead atoms. The Morgan fingerprint density at radius 1 is 1.19 bits per heavy atom. The second-order valence-electron chi connectivity index (χ2n) is 5.95. The number of methoxy groups -OCH3 is 1. The summed E-state index contributed by atoms with van der Waals surface area (Å²) < 4.78 is 10.8. The fourth-order valence-electron chi connectivity index (χ4n) is 2.96. The van der Waals surface area contributed by atoms with E-state index in [4.69, 9.17) is 9.47 Å². The Labute approximate surface area is 152 Å². The van der Waals surface area contributed by atoms with E-state index in [1.165, 1.54) is 7.11 Å². The highest BCUT2D eigenvalue weighted by atomic mass is 16.5. The van der Waals surface area contributed by atoms with Crippen molar-refractivity contribution in [2.45, 2.75) is 19.8 Å². The van der Waals surface area contributed by atoms with Crippen LogP contribution in [-0.2, 0) is 4.79 Å². The van der Waals surface area contributed by atoms with Gasteiger partial charge in [-0.15, -0.1) is 0 Å². The molecule has 0 aromatic heterocycles. The third-order valence-electron chi connectivity index (χ3n) is 4.21. The van der Waals surface area contributed by atoms with Crippen LogP contribution in [0.2, 0.25) is 0 Å². The van der Waals surface area contributed by atoms with Gasteiger partial charge in [0.1, 0.15) is 0 Å². The first-order chi connectivity index (χ1) is 12.6. The Morgan fingerprint density at radius 2 is 2.04 bits per heavy atom. The van der Waals surface area contributed by atoms with Gasteiger partial charge in [0.2, 0.25) is 5.91 Å². The molecule has 6 heteroatoms. The number of carbonyl (C=O) groups excluding carboxylic acids is 2. The van der Waals surface area contributed by atoms with Crippen molar-refractivity contribution in [2.24, 2.45) is 0 Å². The van der Waals surface area contributed by atoms with Crippen LogP contribution in [0.15, 0.2) is 42.5 Å². The van der Waals surface area contributed by atoms with Crippen molar-refractivity contribution >= 4 is 23.2 Å². The molecule has 1 saturated heterocycles. The van der Waals surface area contributed by atoms with Crippen molar-refractivity contribution in [3.05, 3.63) is 48.0 Å². The maximum absolute atomic E-state index is 12.6. The summed E-state index contributed by atoms with van der Waals surface area (Å²) >= 11 is 0. The van der Waals surface area contributed by atoms with E-state index in [1.54, 1.807) is 29.2 Å². The van der Waals surface area contributed by atoms with Gasteiger partial charge in [-0.3, -0.25) is 9.59 Å². The van der Waals surface area contributed by atoms with E-state index in [1.807, 2.05) is 25.1 Å². The highest BCUT2D eigenvalue weighted by Gasteiger charge is 2.22. The minimum Gasteiger partial charge on any atom is -0.493 e. The average Bonchev–Trinajstić information content (AvgIpc) is 3.08. The third kappa shape index (κ3) is 3.79. The zero-order valence-electron chi connectivity index (χ0n) is 15.0. The lowest BCUT2D eigenvalue weighted by molar-refractivity contribution is -0.117. The summed E-state index contributed by atoms with van der Waals surface area (Å²) in [6.07, 6.45) is 1.43. The van der Waals surface area contributed by atoms with Crippen LogP contribution >= 0.6 is 0 Å². The molecule has 0 saturated carbocycles. The van der Waals surface area contributed by atoms with E-state index in [9.17, 15) is 9.59 Å². The van der Waals surface area contributed by atoms with E-state index in [0.29, 0.717) is 42.3 Å². The number of hydrogen-bond donors (Lipinski definition) is 1. The molecule has 26 heavy (non-hydrogen) atoms. The largest absolute Gasteiger partial charge is 0.493 e. The number of nitrogens with zero attached hydrogens (tertiary/aromatic N) is 1. The van der Waals surface area contributed by atoms with Crippen molar-refractivity contribution in [1.29, 1.82) is 0 Å². The smallest absolute Gasteiger partial charge is 0.255 e. The average molecular weight is 354 g/mol. The highest BCUT2D eigenvalue weighted by Crippen LogP contribution is 2.29. The molecule has 1 aliphatic rings. The second kappa shape index (κ2) is 7.91. The number of hydrogen-bond acceptors (Lipinski definition) is 4. The van der Waals surface area contributed by atoms with Crippen LogP contribution in [0.25, 0.3) is 0 Å². The summed E-state index contributed by atoms with van der Waals surface area (Å²) in [5, 5.41) is 2.87. The third-order valence-corrected chi connectivity index (χ3v) is 4.21. The van der Waals surface area contributed by atoms with Crippen molar-refractivity contribution in [3.63, 3.8) is 0 Å². The predicted molar refractivity (Wildman–Crippen MR) is 100 cm³/mol. The Kier molecular flexibility index (Phi) is 5.41. The van der Waals surface area contributed by atoms with Gasteiger partial charge in [-0.2, -0.15) is 0 Å². The molecule has 2 amide bonds. The summed E-state index contributed by atoms with van der Waals surface area (Å²) in [7, 11) is 1.54. The number of benzene rings is 2. The van der Waals surface area contributed by atoms with Gasteiger partial charge < -0.3 is 19.7 Å². The molecule has 1 aliphatic heterocycles. The monoisotopic (exact) mass is 354 g/mol. The summed E-state index contributed by atoms with van der Waals surface area (Å²) in [6, 6.07) is 12.4. The molecule has 0 atom stereocenters. The molecular weight excluding hydrogens is 332 g/mol. The summed E-state index contributed by atoms with van der Waals surface area (Å²) in [5.74, 6) is 0.970. The molecule has 2 aromatic rings. The SMILES string of the molecule is CCOc1ccc(C(=O)Nc2cccc(N3CCCC3=O)c2)cc1OC. The number of rotatable bonds is 6. The first-order valence-corrected chi connectivity index (χ1v) is 8.65. The van der Waals surface area contributed by atoms with Gasteiger partial charge in [0.05, 0.1) is 13.7 Å². The quantitative estimate of drug-likeness (QED) is 0.862. The molecule has 0 radical (unpaired) electrons. The summed E-state index contributed by atoms with van der Waals surface area (Å²) in [4.78, 5) is 26.2. The summed E-state index contributed by atoms with van der Waals surface area (Å²) in [6.45, 7) is 3.12. The van der Waals surface area contributed by atoms with Crippen LogP contribution in [0.4, 0.5) is 11.4 Å². The first kappa shape index (κ1) is 17.8. The van der Waals surface area contributed by atoms with Crippen molar-refractivity contribution in [1.82, 2.24) is 0 Å². The van der Waals surface area contributed by atoms with Gasteiger partial charge in [0.25, 0.3) is 5.91 Å². The van der Waals surface area contributed by atoms with E-state index in [-0.39, 0.29) is 11.8 Å². The number of ether oxygens (including phenoxy) is 2.